The molecule has 76 valence electrons. The van der Waals surface area contributed by atoms with Gasteiger partial charge in [0.05, 0.1) is 25.7 Å². The van der Waals surface area contributed by atoms with Crippen LogP contribution in [-0.2, 0) is 0 Å². The number of carboxylic acid groups (broad SMARTS) is 1. The third-order valence-electron chi connectivity index (χ3n) is 1.72. The fraction of sp³-hybridized carbons (Fsp3) is 0.125. The Kier molecular flexibility index (Phi) is 3.53. The number of rotatable bonds is 1. The third kappa shape index (κ3) is 1.80. The maximum atomic E-state index is 10.8. The molecule has 1 rings (SSSR count). The Bertz CT molecular complexity index is 385. The number of hydrogen-bond acceptors (Lipinski definition) is 1. The predicted octanol–water partition coefficient (Wildman–Crippen LogP) is 4.31. The summed E-state index contributed by atoms with van der Waals surface area (Å²) in [5.74, 6) is -1.19. The molecule has 1 aromatic carbocycles. The van der Waals surface area contributed by atoms with E-state index in [4.69, 9.17) is 51.5 Å². The van der Waals surface area contributed by atoms with Crippen LogP contribution in [0.1, 0.15) is 15.9 Å². The van der Waals surface area contributed by atoms with Gasteiger partial charge in [-0.15, -0.1) is 0 Å². The topological polar surface area (TPSA) is 37.3 Å². The largest absolute Gasteiger partial charge is 0.478 e. The molecule has 0 amide bonds. The monoisotopic (exact) mass is 272 g/mol. The van der Waals surface area contributed by atoms with Crippen molar-refractivity contribution in [2.45, 2.75) is 6.92 Å². The van der Waals surface area contributed by atoms with Crippen LogP contribution < -0.4 is 0 Å². The second kappa shape index (κ2) is 4.15. The zero-order chi connectivity index (χ0) is 11.0. The number of carboxylic acids is 1. The SMILES string of the molecule is Cc1c(Cl)c(Cl)c(Cl)c(Cl)c1C(=O)O. The first-order valence-corrected chi connectivity index (χ1v) is 4.95. The summed E-state index contributed by atoms with van der Waals surface area (Å²) in [4.78, 5) is 10.8. The molecular formula is C8H4Cl4O2. The Morgan fingerprint density at radius 2 is 1.43 bits per heavy atom. The van der Waals surface area contributed by atoms with Crippen molar-refractivity contribution in [2.75, 3.05) is 0 Å². The molecule has 0 atom stereocenters. The van der Waals surface area contributed by atoms with Crippen molar-refractivity contribution in [3.8, 4) is 0 Å². The van der Waals surface area contributed by atoms with Crippen molar-refractivity contribution in [1.82, 2.24) is 0 Å². The summed E-state index contributed by atoms with van der Waals surface area (Å²) < 4.78 is 0. The van der Waals surface area contributed by atoms with E-state index in [0.717, 1.165) is 0 Å². The van der Waals surface area contributed by atoms with Gasteiger partial charge in [-0.1, -0.05) is 46.4 Å². The van der Waals surface area contributed by atoms with Crippen molar-refractivity contribution >= 4 is 52.4 Å². The lowest BCUT2D eigenvalue weighted by Gasteiger charge is -2.09. The summed E-state index contributed by atoms with van der Waals surface area (Å²) >= 11 is 22.9. The van der Waals surface area contributed by atoms with Crippen LogP contribution in [0.3, 0.4) is 0 Å². The third-order valence-corrected chi connectivity index (χ3v) is 3.61. The molecule has 0 aliphatic carbocycles. The summed E-state index contributed by atoms with van der Waals surface area (Å²) in [6.07, 6.45) is 0. The van der Waals surface area contributed by atoms with Crippen LogP contribution in [0.5, 0.6) is 0 Å². The highest BCUT2D eigenvalue weighted by molar-refractivity contribution is 6.53. The Hall–Kier alpha value is -0.150. The molecule has 1 aromatic rings. The van der Waals surface area contributed by atoms with Crippen molar-refractivity contribution in [3.05, 3.63) is 31.2 Å². The van der Waals surface area contributed by atoms with Gasteiger partial charge in [-0.2, -0.15) is 0 Å². The maximum absolute atomic E-state index is 10.8. The van der Waals surface area contributed by atoms with Gasteiger partial charge >= 0.3 is 5.97 Å². The smallest absolute Gasteiger partial charge is 0.337 e. The van der Waals surface area contributed by atoms with E-state index in [0.29, 0.717) is 5.56 Å². The molecule has 0 spiro atoms. The van der Waals surface area contributed by atoms with Gasteiger partial charge in [0.15, 0.2) is 0 Å². The number of aromatic carboxylic acids is 1. The van der Waals surface area contributed by atoms with Crippen LogP contribution in [0.15, 0.2) is 0 Å². The van der Waals surface area contributed by atoms with Crippen LogP contribution in [0.4, 0.5) is 0 Å². The van der Waals surface area contributed by atoms with Gasteiger partial charge in [-0.3, -0.25) is 0 Å². The second-order valence-electron chi connectivity index (χ2n) is 2.56. The molecule has 0 saturated carbocycles. The maximum Gasteiger partial charge on any atom is 0.337 e. The lowest BCUT2D eigenvalue weighted by Crippen LogP contribution is -2.02. The van der Waals surface area contributed by atoms with E-state index >= 15 is 0 Å². The Morgan fingerprint density at radius 1 is 1.00 bits per heavy atom. The highest BCUT2D eigenvalue weighted by Gasteiger charge is 2.21. The lowest BCUT2D eigenvalue weighted by molar-refractivity contribution is 0.0696. The molecule has 0 saturated heterocycles. The Morgan fingerprint density at radius 3 is 1.86 bits per heavy atom. The molecule has 0 bridgehead atoms. The van der Waals surface area contributed by atoms with Gasteiger partial charge in [0.2, 0.25) is 0 Å². The molecule has 0 heterocycles. The molecule has 0 radical (unpaired) electrons. The number of halogens is 4. The molecular weight excluding hydrogens is 270 g/mol. The first-order chi connectivity index (χ1) is 6.37. The van der Waals surface area contributed by atoms with Crippen molar-refractivity contribution in [1.29, 1.82) is 0 Å². The van der Waals surface area contributed by atoms with Gasteiger partial charge in [0.25, 0.3) is 0 Å². The average molecular weight is 274 g/mol. The molecule has 14 heavy (non-hydrogen) atoms. The van der Waals surface area contributed by atoms with E-state index < -0.39 is 5.97 Å². The van der Waals surface area contributed by atoms with E-state index in [2.05, 4.69) is 0 Å². The molecule has 1 N–H and O–H groups in total. The van der Waals surface area contributed by atoms with Gasteiger partial charge in [0, 0.05) is 0 Å². The summed E-state index contributed by atoms with van der Waals surface area (Å²) in [6, 6.07) is 0. The lowest BCUT2D eigenvalue weighted by atomic mass is 10.1. The van der Waals surface area contributed by atoms with Gasteiger partial charge in [-0.05, 0) is 12.5 Å². The number of benzene rings is 1. The molecule has 0 aromatic heterocycles. The van der Waals surface area contributed by atoms with Crippen LogP contribution >= 0.6 is 46.4 Å². The van der Waals surface area contributed by atoms with Crippen LogP contribution in [-0.4, -0.2) is 11.1 Å². The van der Waals surface area contributed by atoms with E-state index in [1.165, 1.54) is 6.92 Å². The summed E-state index contributed by atoms with van der Waals surface area (Å²) in [5, 5.41) is 8.89. The normalized spacial score (nSPS) is 10.4. The molecule has 6 heteroatoms. The molecule has 0 aliphatic heterocycles. The fourth-order valence-electron chi connectivity index (χ4n) is 0.996. The van der Waals surface area contributed by atoms with E-state index in [-0.39, 0.29) is 25.7 Å². The van der Waals surface area contributed by atoms with E-state index in [9.17, 15) is 4.79 Å². The van der Waals surface area contributed by atoms with E-state index in [1.54, 1.807) is 0 Å². The first kappa shape index (κ1) is 11.9. The minimum atomic E-state index is -1.19. The quantitative estimate of drug-likeness (QED) is 0.612. The Balaban J connectivity index is 3.68. The van der Waals surface area contributed by atoms with Crippen molar-refractivity contribution in [3.63, 3.8) is 0 Å². The fourth-order valence-corrected chi connectivity index (χ4v) is 2.02. The van der Waals surface area contributed by atoms with Crippen LogP contribution in [0, 0.1) is 6.92 Å². The van der Waals surface area contributed by atoms with Crippen molar-refractivity contribution in [2.24, 2.45) is 0 Å². The van der Waals surface area contributed by atoms with Gasteiger partial charge in [0.1, 0.15) is 0 Å². The predicted molar refractivity (Wildman–Crippen MR) is 58.2 cm³/mol. The minimum Gasteiger partial charge on any atom is -0.478 e. The molecule has 2 nitrogen and oxygen atoms in total. The molecule has 0 fully saturated rings. The van der Waals surface area contributed by atoms with E-state index in [1.807, 2.05) is 0 Å². The summed E-state index contributed by atoms with van der Waals surface area (Å²) in [5.41, 5.74) is 0.185. The molecule has 0 unspecified atom stereocenters. The number of hydrogen-bond donors (Lipinski definition) is 1. The summed E-state index contributed by atoms with van der Waals surface area (Å²) in [7, 11) is 0. The zero-order valence-corrected chi connectivity index (χ0v) is 9.89. The van der Waals surface area contributed by atoms with Gasteiger partial charge < -0.3 is 5.11 Å². The minimum absolute atomic E-state index is 0.0404. The standard InChI is InChI=1S/C8H4Cl4O2/c1-2-3(8(13)14)5(10)7(12)6(11)4(2)9/h1H3,(H,13,14). The van der Waals surface area contributed by atoms with Gasteiger partial charge in [-0.25, -0.2) is 4.79 Å². The van der Waals surface area contributed by atoms with Crippen LogP contribution in [0.2, 0.25) is 20.1 Å². The van der Waals surface area contributed by atoms with Crippen LogP contribution in [0.25, 0.3) is 0 Å². The number of carbonyl (C=O) groups is 1. The zero-order valence-electron chi connectivity index (χ0n) is 6.87. The first-order valence-electron chi connectivity index (χ1n) is 3.43. The van der Waals surface area contributed by atoms with Crippen molar-refractivity contribution < 1.29 is 9.90 Å². The average Bonchev–Trinajstić information content (AvgIpc) is 2.11. The molecule has 0 aliphatic rings. The highest BCUT2D eigenvalue weighted by atomic mass is 35.5. The highest BCUT2D eigenvalue weighted by Crippen LogP contribution is 2.40. The summed E-state index contributed by atoms with van der Waals surface area (Å²) in [6.45, 7) is 1.51. The second-order valence-corrected chi connectivity index (χ2v) is 4.07. The Labute approximate surface area is 100 Å².